The first kappa shape index (κ1) is 11.9. The van der Waals surface area contributed by atoms with Crippen LogP contribution in [0.4, 0.5) is 4.39 Å². The molecule has 0 amide bonds. The molecule has 2 nitrogen and oxygen atoms in total. The number of benzene rings is 2. The number of thiophene rings is 1. The van der Waals surface area contributed by atoms with Crippen LogP contribution in [0.2, 0.25) is 0 Å². The highest BCUT2D eigenvalue weighted by atomic mass is 32.1. The molecule has 2 aromatic carbocycles. The highest BCUT2D eigenvalue weighted by Crippen LogP contribution is 2.38. The summed E-state index contributed by atoms with van der Waals surface area (Å²) < 4.78 is 13.9. The lowest BCUT2D eigenvalue weighted by atomic mass is 10.0. The van der Waals surface area contributed by atoms with E-state index in [0.29, 0.717) is 10.3 Å². The van der Waals surface area contributed by atoms with Gasteiger partial charge in [0.05, 0.1) is 0 Å². The van der Waals surface area contributed by atoms with E-state index in [2.05, 4.69) is 0 Å². The van der Waals surface area contributed by atoms with Crippen molar-refractivity contribution in [2.75, 3.05) is 0 Å². The van der Waals surface area contributed by atoms with E-state index in [1.807, 2.05) is 30.3 Å². The van der Waals surface area contributed by atoms with Crippen LogP contribution in [0.5, 0.6) is 0 Å². The molecule has 0 spiro atoms. The van der Waals surface area contributed by atoms with Gasteiger partial charge < -0.3 is 5.11 Å². The number of carbonyl (C=O) groups is 1. The number of aromatic carboxylic acids is 1. The molecule has 0 unspecified atom stereocenters. The zero-order valence-corrected chi connectivity index (χ0v) is 10.6. The number of rotatable bonds is 2. The van der Waals surface area contributed by atoms with Gasteiger partial charge in [-0.1, -0.05) is 30.3 Å². The molecular formula is C15H9FO2S. The van der Waals surface area contributed by atoms with E-state index >= 15 is 0 Å². The van der Waals surface area contributed by atoms with Crippen molar-refractivity contribution in [1.29, 1.82) is 0 Å². The molecule has 1 N–H and O–H groups in total. The third kappa shape index (κ3) is 2.00. The number of hydrogen-bond acceptors (Lipinski definition) is 2. The number of carboxylic acids is 1. The van der Waals surface area contributed by atoms with E-state index in [9.17, 15) is 14.3 Å². The molecule has 4 heteroatoms. The lowest BCUT2D eigenvalue weighted by Gasteiger charge is -2.01. The molecular weight excluding hydrogens is 263 g/mol. The average molecular weight is 272 g/mol. The summed E-state index contributed by atoms with van der Waals surface area (Å²) in [5.41, 5.74) is 1.49. The number of carboxylic acid groups (broad SMARTS) is 1. The van der Waals surface area contributed by atoms with Gasteiger partial charge in [0.15, 0.2) is 0 Å². The van der Waals surface area contributed by atoms with E-state index < -0.39 is 5.97 Å². The van der Waals surface area contributed by atoms with Gasteiger partial charge in [0, 0.05) is 15.6 Å². The molecule has 94 valence electrons. The first-order valence-corrected chi connectivity index (χ1v) is 6.49. The SMILES string of the molecule is O=C(O)c1sc2cc(F)ccc2c1-c1ccccc1. The molecule has 1 aromatic heterocycles. The van der Waals surface area contributed by atoms with Crippen LogP contribution in [0.3, 0.4) is 0 Å². The Balaban J connectivity index is 2.38. The van der Waals surface area contributed by atoms with Crippen LogP contribution in [0.25, 0.3) is 21.2 Å². The molecule has 0 aliphatic rings. The zero-order valence-electron chi connectivity index (χ0n) is 9.76. The summed E-state index contributed by atoms with van der Waals surface area (Å²) in [5.74, 6) is -1.34. The van der Waals surface area contributed by atoms with Crippen LogP contribution in [-0.2, 0) is 0 Å². The second-order valence-electron chi connectivity index (χ2n) is 4.12. The molecule has 0 aliphatic heterocycles. The Morgan fingerprint density at radius 3 is 2.53 bits per heavy atom. The predicted octanol–water partition coefficient (Wildman–Crippen LogP) is 4.41. The Morgan fingerprint density at radius 1 is 1.11 bits per heavy atom. The van der Waals surface area contributed by atoms with Gasteiger partial charge in [-0.05, 0) is 23.8 Å². The van der Waals surface area contributed by atoms with Crippen molar-refractivity contribution >= 4 is 27.4 Å². The predicted molar refractivity (Wildman–Crippen MR) is 74.2 cm³/mol. The van der Waals surface area contributed by atoms with Crippen LogP contribution >= 0.6 is 11.3 Å². The summed E-state index contributed by atoms with van der Waals surface area (Å²) in [4.78, 5) is 11.6. The van der Waals surface area contributed by atoms with Crippen LogP contribution in [-0.4, -0.2) is 11.1 Å². The minimum Gasteiger partial charge on any atom is -0.477 e. The highest BCUT2D eigenvalue weighted by molar-refractivity contribution is 7.21. The van der Waals surface area contributed by atoms with Gasteiger partial charge >= 0.3 is 5.97 Å². The van der Waals surface area contributed by atoms with Gasteiger partial charge in [-0.2, -0.15) is 0 Å². The summed E-state index contributed by atoms with van der Waals surface area (Å²) in [5, 5.41) is 10.1. The molecule has 0 saturated heterocycles. The van der Waals surface area contributed by atoms with Crippen molar-refractivity contribution in [2.24, 2.45) is 0 Å². The largest absolute Gasteiger partial charge is 0.477 e. The maximum Gasteiger partial charge on any atom is 0.346 e. The maximum atomic E-state index is 13.2. The molecule has 0 radical (unpaired) electrons. The Bertz CT molecular complexity index is 762. The number of halogens is 1. The molecule has 3 rings (SSSR count). The van der Waals surface area contributed by atoms with Crippen molar-refractivity contribution in [1.82, 2.24) is 0 Å². The van der Waals surface area contributed by atoms with E-state index in [-0.39, 0.29) is 10.7 Å². The lowest BCUT2D eigenvalue weighted by molar-refractivity contribution is 0.0703. The number of fused-ring (bicyclic) bond motifs is 1. The summed E-state index contributed by atoms with van der Waals surface area (Å²) in [7, 11) is 0. The molecule has 0 atom stereocenters. The van der Waals surface area contributed by atoms with Gasteiger partial charge in [-0.3, -0.25) is 0 Å². The molecule has 3 aromatic rings. The summed E-state index contributed by atoms with van der Waals surface area (Å²) >= 11 is 1.10. The topological polar surface area (TPSA) is 37.3 Å². The van der Waals surface area contributed by atoms with E-state index in [1.54, 1.807) is 6.07 Å². The average Bonchev–Trinajstić information content (AvgIpc) is 2.78. The number of hydrogen-bond donors (Lipinski definition) is 1. The smallest absolute Gasteiger partial charge is 0.346 e. The zero-order chi connectivity index (χ0) is 13.4. The Morgan fingerprint density at radius 2 is 1.84 bits per heavy atom. The molecule has 0 bridgehead atoms. The van der Waals surface area contributed by atoms with E-state index in [1.165, 1.54) is 12.1 Å². The fourth-order valence-corrected chi connectivity index (χ4v) is 3.20. The molecule has 19 heavy (non-hydrogen) atoms. The van der Waals surface area contributed by atoms with Crippen molar-refractivity contribution in [2.45, 2.75) is 0 Å². The Hall–Kier alpha value is -2.20. The van der Waals surface area contributed by atoms with Gasteiger partial charge in [0.2, 0.25) is 0 Å². The van der Waals surface area contributed by atoms with Crippen molar-refractivity contribution in [3.63, 3.8) is 0 Å². The molecule has 0 saturated carbocycles. The monoisotopic (exact) mass is 272 g/mol. The molecule has 0 aliphatic carbocycles. The van der Waals surface area contributed by atoms with E-state index in [4.69, 9.17) is 0 Å². The quantitative estimate of drug-likeness (QED) is 0.750. The summed E-state index contributed by atoms with van der Waals surface area (Å²) in [6, 6.07) is 13.7. The lowest BCUT2D eigenvalue weighted by Crippen LogP contribution is -1.94. The first-order chi connectivity index (χ1) is 9.16. The second-order valence-corrected chi connectivity index (χ2v) is 5.17. The van der Waals surface area contributed by atoms with Gasteiger partial charge in [-0.15, -0.1) is 11.3 Å². The standard InChI is InChI=1S/C15H9FO2S/c16-10-6-7-11-12(8-10)19-14(15(17)18)13(11)9-4-2-1-3-5-9/h1-8H,(H,17,18). The third-order valence-electron chi connectivity index (χ3n) is 2.91. The van der Waals surface area contributed by atoms with E-state index in [0.717, 1.165) is 22.3 Å². The third-order valence-corrected chi connectivity index (χ3v) is 4.05. The van der Waals surface area contributed by atoms with Crippen LogP contribution < -0.4 is 0 Å². The van der Waals surface area contributed by atoms with Gasteiger partial charge in [-0.25, -0.2) is 9.18 Å². The van der Waals surface area contributed by atoms with Crippen LogP contribution in [0, 0.1) is 5.82 Å². The van der Waals surface area contributed by atoms with Crippen LogP contribution in [0.1, 0.15) is 9.67 Å². The summed E-state index contributed by atoms with van der Waals surface area (Å²) in [6.07, 6.45) is 0. The Labute approximate surface area is 112 Å². The van der Waals surface area contributed by atoms with Gasteiger partial charge in [0.25, 0.3) is 0 Å². The van der Waals surface area contributed by atoms with Crippen LogP contribution in [0.15, 0.2) is 48.5 Å². The fraction of sp³-hybridized carbons (Fsp3) is 0. The summed E-state index contributed by atoms with van der Waals surface area (Å²) in [6.45, 7) is 0. The highest BCUT2D eigenvalue weighted by Gasteiger charge is 2.19. The van der Waals surface area contributed by atoms with Crippen molar-refractivity contribution < 1.29 is 14.3 Å². The van der Waals surface area contributed by atoms with Gasteiger partial charge in [0.1, 0.15) is 10.7 Å². The fourth-order valence-electron chi connectivity index (χ4n) is 2.11. The first-order valence-electron chi connectivity index (χ1n) is 5.67. The molecule has 1 heterocycles. The van der Waals surface area contributed by atoms with Crippen molar-refractivity contribution in [3.8, 4) is 11.1 Å². The molecule has 0 fully saturated rings. The second kappa shape index (κ2) is 4.48. The Kier molecular flexibility index (Phi) is 2.80. The van der Waals surface area contributed by atoms with Crippen molar-refractivity contribution in [3.05, 3.63) is 59.2 Å². The normalized spacial score (nSPS) is 10.8. The minimum atomic E-state index is -0.986. The maximum absolute atomic E-state index is 13.2. The minimum absolute atomic E-state index is 0.242.